The zero-order valence-corrected chi connectivity index (χ0v) is 14.4. The maximum Gasteiger partial charge on any atom is 0.274 e. The third-order valence-corrected chi connectivity index (χ3v) is 4.85. The van der Waals surface area contributed by atoms with Crippen LogP contribution in [0.25, 0.3) is 5.65 Å². The number of carbonyl (C=O) groups is 1. The summed E-state index contributed by atoms with van der Waals surface area (Å²) >= 11 is 0. The van der Waals surface area contributed by atoms with E-state index < -0.39 is 0 Å². The monoisotopic (exact) mass is 335 g/mol. The number of hydrogen-bond acceptors (Lipinski definition) is 4. The molecule has 3 aromatic heterocycles. The Kier molecular flexibility index (Phi) is 3.87. The average molecular weight is 335 g/mol. The van der Waals surface area contributed by atoms with Crippen molar-refractivity contribution in [2.75, 3.05) is 18.9 Å². The van der Waals surface area contributed by atoms with Crippen LogP contribution in [0.5, 0.6) is 0 Å². The zero-order chi connectivity index (χ0) is 17.4. The van der Waals surface area contributed by atoms with Gasteiger partial charge < -0.3 is 14.6 Å². The number of rotatable bonds is 3. The minimum Gasteiger partial charge on any atom is -0.373 e. The minimum absolute atomic E-state index is 0.00609. The largest absolute Gasteiger partial charge is 0.373 e. The highest BCUT2D eigenvalue weighted by Crippen LogP contribution is 2.33. The van der Waals surface area contributed by atoms with Crippen molar-refractivity contribution in [3.05, 3.63) is 59.7 Å². The lowest BCUT2D eigenvalue weighted by atomic mass is 10.1. The number of nitrogens with one attached hydrogen (secondary N) is 1. The molecule has 25 heavy (non-hydrogen) atoms. The minimum atomic E-state index is -0.00609. The number of pyridine rings is 2. The summed E-state index contributed by atoms with van der Waals surface area (Å²) in [6, 6.07) is 9.98. The Morgan fingerprint density at radius 3 is 3.00 bits per heavy atom. The van der Waals surface area contributed by atoms with E-state index in [4.69, 9.17) is 0 Å². The highest BCUT2D eigenvalue weighted by molar-refractivity contribution is 5.93. The molecule has 0 bridgehead atoms. The van der Waals surface area contributed by atoms with Crippen molar-refractivity contribution in [1.29, 1.82) is 0 Å². The van der Waals surface area contributed by atoms with Gasteiger partial charge in [-0.3, -0.25) is 4.79 Å². The molecule has 0 spiro atoms. The van der Waals surface area contributed by atoms with Crippen LogP contribution in [0.3, 0.4) is 0 Å². The molecule has 6 heteroatoms. The number of nitrogens with zero attached hydrogens (tertiary/aromatic N) is 4. The predicted octanol–water partition coefficient (Wildman–Crippen LogP) is 3.06. The fraction of sp³-hybridized carbons (Fsp3) is 0.316. The molecule has 1 aliphatic rings. The number of likely N-dealkylation sites (tertiary alicyclic amines) is 1. The lowest BCUT2D eigenvalue weighted by Crippen LogP contribution is -2.30. The molecule has 1 saturated heterocycles. The van der Waals surface area contributed by atoms with Gasteiger partial charge in [-0.05, 0) is 49.6 Å². The van der Waals surface area contributed by atoms with Gasteiger partial charge in [0.25, 0.3) is 5.91 Å². The molecule has 1 aliphatic heterocycles. The summed E-state index contributed by atoms with van der Waals surface area (Å²) in [4.78, 5) is 23.8. The fourth-order valence-electron chi connectivity index (χ4n) is 3.55. The molecule has 3 aromatic rings. The van der Waals surface area contributed by atoms with E-state index in [1.807, 2.05) is 59.8 Å². The van der Waals surface area contributed by atoms with Crippen molar-refractivity contribution >= 4 is 17.4 Å². The molecule has 0 aliphatic carbocycles. The third kappa shape index (κ3) is 2.73. The first-order valence-corrected chi connectivity index (χ1v) is 8.57. The molecule has 1 fully saturated rings. The van der Waals surface area contributed by atoms with Crippen molar-refractivity contribution in [2.24, 2.45) is 0 Å². The summed E-state index contributed by atoms with van der Waals surface area (Å²) in [5.74, 6) is 0.813. The molecule has 0 saturated carbocycles. The molecule has 0 aromatic carbocycles. The highest BCUT2D eigenvalue weighted by atomic mass is 16.2. The molecular formula is C19H21N5O. The standard InChI is InChI=1S/C19H21N5O/c1-13-5-3-7-18-22-15(12-24(13)18)19(25)23-10-4-6-16(23)14-8-9-21-17(11-14)20-2/h3,5,7-9,11-12,16H,4,6,10H2,1-2H3,(H,20,21)/t16-/m1/s1. The molecule has 1 atom stereocenters. The molecule has 6 nitrogen and oxygen atoms in total. The Balaban J connectivity index is 1.66. The van der Waals surface area contributed by atoms with Crippen molar-refractivity contribution in [3.63, 3.8) is 0 Å². The van der Waals surface area contributed by atoms with Gasteiger partial charge in [-0.15, -0.1) is 0 Å². The number of aromatic nitrogens is 3. The Morgan fingerprint density at radius 2 is 2.20 bits per heavy atom. The van der Waals surface area contributed by atoms with E-state index in [1.54, 1.807) is 6.20 Å². The summed E-state index contributed by atoms with van der Waals surface area (Å²) in [7, 11) is 1.85. The van der Waals surface area contributed by atoms with Gasteiger partial charge in [0.05, 0.1) is 6.04 Å². The summed E-state index contributed by atoms with van der Waals surface area (Å²) in [6.07, 6.45) is 5.59. The second-order valence-corrected chi connectivity index (χ2v) is 6.40. The number of aryl methyl sites for hydroxylation is 1. The molecule has 4 heterocycles. The number of hydrogen-bond donors (Lipinski definition) is 1. The summed E-state index contributed by atoms with van der Waals surface area (Å²) in [5.41, 5.74) is 3.49. The van der Waals surface area contributed by atoms with E-state index >= 15 is 0 Å². The predicted molar refractivity (Wildman–Crippen MR) is 96.7 cm³/mol. The average Bonchev–Trinajstić information content (AvgIpc) is 3.29. The van der Waals surface area contributed by atoms with Gasteiger partial charge in [0.2, 0.25) is 0 Å². The van der Waals surface area contributed by atoms with E-state index in [0.717, 1.165) is 42.1 Å². The SMILES string of the molecule is CNc1cc([C@H]2CCCN2C(=O)c2cn3c(C)cccc3n2)ccn1. The van der Waals surface area contributed by atoms with Gasteiger partial charge >= 0.3 is 0 Å². The van der Waals surface area contributed by atoms with E-state index in [0.29, 0.717) is 5.69 Å². The van der Waals surface area contributed by atoms with Crippen molar-refractivity contribution in [1.82, 2.24) is 19.3 Å². The van der Waals surface area contributed by atoms with Crippen LogP contribution in [0.1, 0.15) is 40.6 Å². The van der Waals surface area contributed by atoms with E-state index in [-0.39, 0.29) is 11.9 Å². The molecular weight excluding hydrogens is 314 g/mol. The molecule has 1 N–H and O–H groups in total. The number of carbonyl (C=O) groups excluding carboxylic acids is 1. The first kappa shape index (κ1) is 15.6. The van der Waals surface area contributed by atoms with E-state index in [9.17, 15) is 4.79 Å². The van der Waals surface area contributed by atoms with Crippen LogP contribution < -0.4 is 5.32 Å². The van der Waals surface area contributed by atoms with Crippen LogP contribution in [-0.4, -0.2) is 38.8 Å². The first-order valence-electron chi connectivity index (χ1n) is 8.57. The number of amides is 1. The number of anilines is 1. The summed E-state index contributed by atoms with van der Waals surface area (Å²) in [6.45, 7) is 2.77. The van der Waals surface area contributed by atoms with Crippen molar-refractivity contribution in [2.45, 2.75) is 25.8 Å². The maximum absolute atomic E-state index is 13.1. The van der Waals surface area contributed by atoms with Crippen molar-refractivity contribution in [3.8, 4) is 0 Å². The lowest BCUT2D eigenvalue weighted by Gasteiger charge is -2.24. The Labute approximate surface area is 146 Å². The Hall–Kier alpha value is -2.89. The van der Waals surface area contributed by atoms with Crippen LogP contribution in [0.4, 0.5) is 5.82 Å². The first-order chi connectivity index (χ1) is 12.2. The molecule has 1 amide bonds. The van der Waals surface area contributed by atoms with Crippen LogP contribution in [-0.2, 0) is 0 Å². The molecule has 0 unspecified atom stereocenters. The van der Waals surface area contributed by atoms with Gasteiger partial charge in [0.1, 0.15) is 17.2 Å². The summed E-state index contributed by atoms with van der Waals surface area (Å²) in [5, 5.41) is 3.06. The third-order valence-electron chi connectivity index (χ3n) is 4.85. The second kappa shape index (κ2) is 6.20. The number of imidazole rings is 1. The van der Waals surface area contributed by atoms with E-state index in [1.165, 1.54) is 0 Å². The van der Waals surface area contributed by atoms with Gasteiger partial charge in [-0.1, -0.05) is 6.07 Å². The van der Waals surface area contributed by atoms with E-state index in [2.05, 4.69) is 15.3 Å². The highest BCUT2D eigenvalue weighted by Gasteiger charge is 2.32. The lowest BCUT2D eigenvalue weighted by molar-refractivity contribution is 0.0730. The topological polar surface area (TPSA) is 62.5 Å². The molecule has 128 valence electrons. The second-order valence-electron chi connectivity index (χ2n) is 6.40. The zero-order valence-electron chi connectivity index (χ0n) is 14.4. The Morgan fingerprint density at radius 1 is 1.32 bits per heavy atom. The summed E-state index contributed by atoms with van der Waals surface area (Å²) < 4.78 is 1.96. The van der Waals surface area contributed by atoms with Crippen LogP contribution in [0.2, 0.25) is 0 Å². The van der Waals surface area contributed by atoms with Crippen LogP contribution in [0.15, 0.2) is 42.7 Å². The van der Waals surface area contributed by atoms with Gasteiger partial charge in [-0.25, -0.2) is 9.97 Å². The molecule has 0 radical (unpaired) electrons. The quantitative estimate of drug-likeness (QED) is 0.799. The number of fused-ring (bicyclic) bond motifs is 1. The van der Waals surface area contributed by atoms with Gasteiger partial charge in [0.15, 0.2) is 0 Å². The van der Waals surface area contributed by atoms with Crippen LogP contribution >= 0.6 is 0 Å². The molecule has 4 rings (SSSR count). The fourth-order valence-corrected chi connectivity index (χ4v) is 3.55. The van der Waals surface area contributed by atoms with Gasteiger partial charge in [-0.2, -0.15) is 0 Å². The van der Waals surface area contributed by atoms with Gasteiger partial charge in [0, 0.05) is 31.7 Å². The smallest absolute Gasteiger partial charge is 0.274 e. The Bertz CT molecular complexity index is 932. The normalized spacial score (nSPS) is 17.2. The maximum atomic E-state index is 13.1. The van der Waals surface area contributed by atoms with Crippen molar-refractivity contribution < 1.29 is 4.79 Å². The van der Waals surface area contributed by atoms with Crippen LogP contribution in [0, 0.1) is 6.92 Å².